The molecule has 0 aliphatic carbocycles. The smallest absolute Gasteiger partial charge is 0.325 e. The fourth-order valence-electron chi connectivity index (χ4n) is 4.10. The molecule has 12 nitrogen and oxygen atoms in total. The maximum absolute atomic E-state index is 13.5. The molecule has 1 aromatic carbocycles. The number of aromatic amines is 2. The molecule has 38 heavy (non-hydrogen) atoms. The second kappa shape index (κ2) is 12.9. The molecule has 0 saturated heterocycles. The van der Waals surface area contributed by atoms with Gasteiger partial charge in [0.05, 0.1) is 12.4 Å². The normalized spacial score (nSPS) is 14.4. The van der Waals surface area contributed by atoms with Gasteiger partial charge in [-0.15, -0.1) is 0 Å². The number of carbonyl (C=O) groups is 4. The zero-order valence-corrected chi connectivity index (χ0v) is 21.7. The molecule has 0 bridgehead atoms. The van der Waals surface area contributed by atoms with Crippen LogP contribution in [0.15, 0.2) is 43.0 Å². The molecule has 3 aromatic rings. The quantitative estimate of drug-likeness (QED) is 0.170. The molecule has 4 atom stereocenters. The number of carboxylic acid groups (broad SMARTS) is 1. The lowest BCUT2D eigenvalue weighted by atomic mass is 10.0. The van der Waals surface area contributed by atoms with Crippen molar-refractivity contribution in [2.75, 3.05) is 0 Å². The highest BCUT2D eigenvalue weighted by atomic mass is 16.4. The molecule has 0 spiro atoms. The van der Waals surface area contributed by atoms with Crippen LogP contribution >= 0.6 is 0 Å². The fourth-order valence-corrected chi connectivity index (χ4v) is 4.10. The maximum Gasteiger partial charge on any atom is 0.325 e. The van der Waals surface area contributed by atoms with Gasteiger partial charge in [0.2, 0.25) is 17.7 Å². The highest BCUT2D eigenvalue weighted by Crippen LogP contribution is 2.19. The van der Waals surface area contributed by atoms with Crippen LogP contribution in [0.1, 0.15) is 38.4 Å². The average Bonchev–Trinajstić information content (AvgIpc) is 3.52. The molecule has 0 saturated carbocycles. The van der Waals surface area contributed by atoms with Gasteiger partial charge in [-0.3, -0.25) is 19.2 Å². The number of amides is 3. The largest absolute Gasteiger partial charge is 0.480 e. The number of hydrogen-bond donors (Lipinski definition) is 7. The van der Waals surface area contributed by atoms with Gasteiger partial charge < -0.3 is 36.8 Å². The second-order valence-corrected chi connectivity index (χ2v) is 9.77. The summed E-state index contributed by atoms with van der Waals surface area (Å²) in [4.78, 5) is 60.7. The molecule has 12 heteroatoms. The number of aromatic nitrogens is 3. The van der Waals surface area contributed by atoms with Gasteiger partial charge in [0.15, 0.2) is 0 Å². The highest BCUT2D eigenvalue weighted by molar-refractivity contribution is 5.95. The maximum atomic E-state index is 13.5. The van der Waals surface area contributed by atoms with Crippen molar-refractivity contribution in [3.8, 4) is 0 Å². The predicted octanol–water partition coefficient (Wildman–Crippen LogP) is 0.609. The molecule has 0 fully saturated rings. The van der Waals surface area contributed by atoms with E-state index < -0.39 is 47.9 Å². The van der Waals surface area contributed by atoms with E-state index in [1.54, 1.807) is 6.20 Å². The van der Waals surface area contributed by atoms with E-state index in [1.165, 1.54) is 19.4 Å². The van der Waals surface area contributed by atoms with Crippen LogP contribution in [-0.4, -0.2) is 67.9 Å². The SMILES string of the molecule is CC(C)CC(N)C(=O)NC(Cc1cnc[nH]1)C(=O)NC(Cc1c[nH]c2ccccc12)C(=O)NC(C)C(=O)O. The third-order valence-corrected chi connectivity index (χ3v) is 6.14. The Hall–Kier alpha value is -4.19. The molecular formula is C26H35N7O5. The first-order valence-corrected chi connectivity index (χ1v) is 12.5. The summed E-state index contributed by atoms with van der Waals surface area (Å²) >= 11 is 0. The van der Waals surface area contributed by atoms with Crippen LogP contribution in [-0.2, 0) is 32.0 Å². The van der Waals surface area contributed by atoms with E-state index in [0.717, 1.165) is 16.5 Å². The Morgan fingerprint density at radius 1 is 0.947 bits per heavy atom. The number of benzene rings is 1. The van der Waals surface area contributed by atoms with E-state index in [1.807, 2.05) is 38.1 Å². The van der Waals surface area contributed by atoms with E-state index in [0.29, 0.717) is 12.1 Å². The number of H-pyrrole nitrogens is 2. The highest BCUT2D eigenvalue weighted by Gasteiger charge is 2.30. The van der Waals surface area contributed by atoms with Gasteiger partial charge in [0.25, 0.3) is 0 Å². The number of carboxylic acids is 1. The number of hydrogen-bond acceptors (Lipinski definition) is 6. The third kappa shape index (κ3) is 7.65. The molecule has 0 aliphatic rings. The Morgan fingerprint density at radius 2 is 1.61 bits per heavy atom. The summed E-state index contributed by atoms with van der Waals surface area (Å²) in [5, 5.41) is 18.0. The molecule has 204 valence electrons. The van der Waals surface area contributed by atoms with Gasteiger partial charge in [0.1, 0.15) is 18.1 Å². The Balaban J connectivity index is 1.84. The topological polar surface area (TPSA) is 195 Å². The predicted molar refractivity (Wildman–Crippen MR) is 141 cm³/mol. The summed E-state index contributed by atoms with van der Waals surface area (Å²) < 4.78 is 0. The lowest BCUT2D eigenvalue weighted by Crippen LogP contribution is -2.58. The number of carbonyl (C=O) groups excluding carboxylic acids is 3. The van der Waals surface area contributed by atoms with Gasteiger partial charge in [-0.05, 0) is 30.9 Å². The average molecular weight is 526 g/mol. The van der Waals surface area contributed by atoms with Crippen molar-refractivity contribution in [1.29, 1.82) is 0 Å². The van der Waals surface area contributed by atoms with Crippen molar-refractivity contribution in [1.82, 2.24) is 30.9 Å². The number of nitrogens with zero attached hydrogens (tertiary/aromatic N) is 1. The molecule has 2 heterocycles. The summed E-state index contributed by atoms with van der Waals surface area (Å²) in [5.41, 5.74) is 8.24. The minimum absolute atomic E-state index is 0.0823. The van der Waals surface area contributed by atoms with Crippen molar-refractivity contribution in [2.24, 2.45) is 11.7 Å². The Morgan fingerprint density at radius 3 is 2.26 bits per heavy atom. The van der Waals surface area contributed by atoms with Crippen LogP contribution in [0.2, 0.25) is 0 Å². The monoisotopic (exact) mass is 525 g/mol. The molecule has 2 aromatic heterocycles. The van der Waals surface area contributed by atoms with E-state index in [4.69, 9.17) is 5.73 Å². The lowest BCUT2D eigenvalue weighted by molar-refractivity contribution is -0.141. The summed E-state index contributed by atoms with van der Waals surface area (Å²) in [5.74, 6) is -2.81. The fraction of sp³-hybridized carbons (Fsp3) is 0.423. The van der Waals surface area contributed by atoms with E-state index in [-0.39, 0.29) is 18.8 Å². The van der Waals surface area contributed by atoms with Gasteiger partial charge in [-0.2, -0.15) is 0 Å². The summed E-state index contributed by atoms with van der Waals surface area (Å²) in [7, 11) is 0. The first kappa shape index (κ1) is 28.4. The van der Waals surface area contributed by atoms with Gasteiger partial charge in [-0.25, -0.2) is 4.98 Å². The second-order valence-electron chi connectivity index (χ2n) is 9.77. The standard InChI is InChI=1S/C26H35N7O5/c1-14(2)8-19(27)23(34)32-22(10-17-12-28-13-30-17)25(36)33-21(24(35)31-15(3)26(37)38)9-16-11-29-20-7-5-4-6-18(16)20/h4-7,11-15,19,21-22,29H,8-10,27H2,1-3H3,(H,28,30)(H,31,35)(H,32,34)(H,33,36)(H,37,38). The van der Waals surface area contributed by atoms with Crippen molar-refractivity contribution in [3.63, 3.8) is 0 Å². The third-order valence-electron chi connectivity index (χ3n) is 6.14. The molecule has 0 radical (unpaired) electrons. The minimum atomic E-state index is -1.21. The molecule has 4 unspecified atom stereocenters. The number of rotatable bonds is 13. The van der Waals surface area contributed by atoms with Crippen LogP contribution in [0.3, 0.4) is 0 Å². The molecular weight excluding hydrogens is 490 g/mol. The van der Waals surface area contributed by atoms with Crippen molar-refractivity contribution in [3.05, 3.63) is 54.2 Å². The van der Waals surface area contributed by atoms with Crippen molar-refractivity contribution >= 4 is 34.6 Å². The zero-order valence-electron chi connectivity index (χ0n) is 21.7. The molecule has 3 rings (SSSR count). The number of fused-ring (bicyclic) bond motifs is 1. The van der Waals surface area contributed by atoms with Crippen LogP contribution < -0.4 is 21.7 Å². The molecule has 3 amide bonds. The zero-order chi connectivity index (χ0) is 27.8. The number of nitrogens with one attached hydrogen (secondary N) is 5. The summed E-state index contributed by atoms with van der Waals surface area (Å²) in [6.45, 7) is 5.21. The van der Waals surface area contributed by atoms with Crippen LogP contribution in [0.5, 0.6) is 0 Å². The number of imidazole rings is 1. The van der Waals surface area contributed by atoms with Crippen LogP contribution in [0.25, 0.3) is 10.9 Å². The molecule has 0 aliphatic heterocycles. The van der Waals surface area contributed by atoms with Crippen molar-refractivity contribution in [2.45, 2.75) is 64.2 Å². The number of aliphatic carboxylic acids is 1. The van der Waals surface area contributed by atoms with Crippen LogP contribution in [0, 0.1) is 5.92 Å². The summed E-state index contributed by atoms with van der Waals surface area (Å²) in [6, 6.07) is 3.34. The minimum Gasteiger partial charge on any atom is -0.480 e. The van der Waals surface area contributed by atoms with E-state index >= 15 is 0 Å². The Kier molecular flexibility index (Phi) is 9.61. The lowest BCUT2D eigenvalue weighted by Gasteiger charge is -2.25. The molecule has 8 N–H and O–H groups in total. The van der Waals surface area contributed by atoms with Gasteiger partial charge in [0, 0.05) is 41.8 Å². The first-order valence-electron chi connectivity index (χ1n) is 12.5. The number of para-hydroxylation sites is 1. The van der Waals surface area contributed by atoms with E-state index in [9.17, 15) is 24.3 Å². The van der Waals surface area contributed by atoms with Gasteiger partial charge in [-0.1, -0.05) is 32.0 Å². The first-order chi connectivity index (χ1) is 18.0. The van der Waals surface area contributed by atoms with Gasteiger partial charge >= 0.3 is 5.97 Å². The Labute approximate surface area is 220 Å². The van der Waals surface area contributed by atoms with E-state index in [2.05, 4.69) is 30.9 Å². The summed E-state index contributed by atoms with van der Waals surface area (Å²) in [6.07, 6.45) is 5.34. The van der Waals surface area contributed by atoms with Crippen LogP contribution in [0.4, 0.5) is 0 Å². The number of nitrogens with two attached hydrogens (primary N) is 1. The Bertz CT molecular complexity index is 1250. The van der Waals surface area contributed by atoms with Crippen molar-refractivity contribution < 1.29 is 24.3 Å².